The highest BCUT2D eigenvalue weighted by atomic mass is 32.2. The first kappa shape index (κ1) is 19.9. The fraction of sp³-hybridized carbons (Fsp3) is 0.150. The predicted octanol–water partition coefficient (Wildman–Crippen LogP) is 3.95. The summed E-state index contributed by atoms with van der Waals surface area (Å²) < 4.78 is 11.3. The number of carboxylic acids is 1. The average molecular weight is 415 g/mol. The molecule has 6 nitrogen and oxygen atoms in total. The summed E-state index contributed by atoms with van der Waals surface area (Å²) in [6.07, 6.45) is 0.552. The lowest BCUT2D eigenvalue weighted by Gasteiger charge is -2.16. The van der Waals surface area contributed by atoms with E-state index in [1.807, 2.05) is 30.3 Å². The van der Waals surface area contributed by atoms with Gasteiger partial charge in [-0.2, -0.15) is 0 Å². The van der Waals surface area contributed by atoms with Gasteiger partial charge >= 0.3 is 5.97 Å². The van der Waals surface area contributed by atoms with Crippen LogP contribution < -0.4 is 14.4 Å². The van der Waals surface area contributed by atoms with Gasteiger partial charge in [-0.05, 0) is 31.2 Å². The lowest BCUT2D eigenvalue weighted by Crippen LogP contribution is -2.27. The zero-order valence-corrected chi connectivity index (χ0v) is 16.8. The number of aliphatic carboxylic acids is 1. The maximum absolute atomic E-state index is 12.9. The molecule has 0 radical (unpaired) electrons. The molecular weight excluding hydrogens is 398 g/mol. The van der Waals surface area contributed by atoms with E-state index in [0.717, 1.165) is 0 Å². The zero-order chi connectivity index (χ0) is 20.3. The van der Waals surface area contributed by atoms with Crippen LogP contribution in [0.5, 0.6) is 11.5 Å². The van der Waals surface area contributed by atoms with Crippen LogP contribution in [0, 0.1) is 0 Å². The standard InChI is InChI=1S/C20H17NO5S2/c1-12(19(23)24)26-17-13(7-6-10-15(17)25-2)11-16-18(22)21(20(27)28-16)14-8-4-3-5-9-14/h3-12H,1-2H3,(H,23,24)/b16-11-/t12-/m0/s1. The lowest BCUT2D eigenvalue weighted by atomic mass is 10.1. The fourth-order valence-corrected chi connectivity index (χ4v) is 3.86. The number of ether oxygens (including phenoxy) is 2. The molecule has 0 bridgehead atoms. The van der Waals surface area contributed by atoms with E-state index in [9.17, 15) is 9.59 Å². The van der Waals surface area contributed by atoms with Gasteiger partial charge in [0.2, 0.25) is 0 Å². The number of rotatable bonds is 6. The lowest BCUT2D eigenvalue weighted by molar-refractivity contribution is -0.144. The minimum absolute atomic E-state index is 0.249. The van der Waals surface area contributed by atoms with Crippen LogP contribution in [0.15, 0.2) is 53.4 Å². The number of hydrogen-bond acceptors (Lipinski definition) is 6. The average Bonchev–Trinajstić information content (AvgIpc) is 2.96. The Morgan fingerprint density at radius 2 is 1.93 bits per heavy atom. The summed E-state index contributed by atoms with van der Waals surface area (Å²) in [6, 6.07) is 14.3. The molecule has 2 aromatic rings. The van der Waals surface area contributed by atoms with E-state index in [1.165, 1.54) is 30.7 Å². The van der Waals surface area contributed by atoms with Crippen molar-refractivity contribution < 1.29 is 24.2 Å². The number of para-hydroxylation sites is 2. The number of thiocarbonyl (C=S) groups is 1. The molecule has 144 valence electrons. The molecule has 1 amide bonds. The van der Waals surface area contributed by atoms with Crippen molar-refractivity contribution in [1.82, 2.24) is 0 Å². The Bertz CT molecular complexity index is 958. The Kier molecular flexibility index (Phi) is 6.01. The van der Waals surface area contributed by atoms with E-state index in [0.29, 0.717) is 26.2 Å². The second kappa shape index (κ2) is 8.45. The molecule has 1 N–H and O–H groups in total. The first-order chi connectivity index (χ1) is 13.4. The van der Waals surface area contributed by atoms with Gasteiger partial charge in [0.1, 0.15) is 0 Å². The molecular formula is C20H17NO5S2. The molecule has 0 saturated carbocycles. The van der Waals surface area contributed by atoms with E-state index in [1.54, 1.807) is 24.3 Å². The van der Waals surface area contributed by atoms with Crippen molar-refractivity contribution in [1.29, 1.82) is 0 Å². The first-order valence-corrected chi connectivity index (χ1v) is 9.54. The Labute approximate surface area is 171 Å². The molecule has 1 saturated heterocycles. The highest BCUT2D eigenvalue weighted by Crippen LogP contribution is 2.39. The molecule has 8 heteroatoms. The van der Waals surface area contributed by atoms with Crippen LogP contribution in [0.2, 0.25) is 0 Å². The van der Waals surface area contributed by atoms with Gasteiger partial charge in [-0.25, -0.2) is 4.79 Å². The number of methoxy groups -OCH3 is 1. The third-order valence-electron chi connectivity index (χ3n) is 3.97. The van der Waals surface area contributed by atoms with Gasteiger partial charge in [-0.3, -0.25) is 9.69 Å². The van der Waals surface area contributed by atoms with Crippen LogP contribution in [0.3, 0.4) is 0 Å². The van der Waals surface area contributed by atoms with E-state index < -0.39 is 12.1 Å². The normalized spacial score (nSPS) is 16.4. The quantitative estimate of drug-likeness (QED) is 0.565. The van der Waals surface area contributed by atoms with Crippen molar-refractivity contribution in [3.05, 3.63) is 59.0 Å². The molecule has 1 atom stereocenters. The van der Waals surface area contributed by atoms with Crippen LogP contribution >= 0.6 is 24.0 Å². The van der Waals surface area contributed by atoms with Crippen LogP contribution in [0.4, 0.5) is 5.69 Å². The Hall–Kier alpha value is -2.84. The van der Waals surface area contributed by atoms with Gasteiger partial charge in [-0.1, -0.05) is 54.3 Å². The third-order valence-corrected chi connectivity index (χ3v) is 5.27. The number of anilines is 1. The molecule has 1 aliphatic heterocycles. The van der Waals surface area contributed by atoms with E-state index in [-0.39, 0.29) is 11.7 Å². The number of amides is 1. The van der Waals surface area contributed by atoms with Gasteiger partial charge in [0.25, 0.3) is 5.91 Å². The summed E-state index contributed by atoms with van der Waals surface area (Å²) >= 11 is 6.55. The molecule has 2 aromatic carbocycles. The zero-order valence-electron chi connectivity index (χ0n) is 15.1. The van der Waals surface area contributed by atoms with Crippen LogP contribution in [-0.4, -0.2) is 34.5 Å². The number of carbonyl (C=O) groups excluding carboxylic acids is 1. The maximum atomic E-state index is 12.9. The summed E-state index contributed by atoms with van der Waals surface area (Å²) in [5, 5.41) is 9.16. The largest absolute Gasteiger partial charge is 0.493 e. The number of thioether (sulfide) groups is 1. The Morgan fingerprint density at radius 3 is 2.57 bits per heavy atom. The second-order valence-electron chi connectivity index (χ2n) is 5.83. The molecule has 1 fully saturated rings. The van der Waals surface area contributed by atoms with Gasteiger partial charge in [-0.15, -0.1) is 0 Å². The summed E-state index contributed by atoms with van der Waals surface area (Å²) in [5.74, 6) is -0.723. The number of nitrogens with zero attached hydrogens (tertiary/aromatic N) is 1. The van der Waals surface area contributed by atoms with E-state index in [4.69, 9.17) is 26.8 Å². The van der Waals surface area contributed by atoms with E-state index >= 15 is 0 Å². The molecule has 1 aliphatic rings. The van der Waals surface area contributed by atoms with Crippen LogP contribution in [-0.2, 0) is 9.59 Å². The third kappa shape index (κ3) is 4.02. The summed E-state index contributed by atoms with van der Waals surface area (Å²) in [6.45, 7) is 1.42. The smallest absolute Gasteiger partial charge is 0.344 e. The Morgan fingerprint density at radius 1 is 1.21 bits per heavy atom. The first-order valence-electron chi connectivity index (χ1n) is 8.32. The molecule has 0 aliphatic carbocycles. The molecule has 1 heterocycles. The van der Waals surface area contributed by atoms with Gasteiger partial charge < -0.3 is 14.6 Å². The van der Waals surface area contributed by atoms with Crippen LogP contribution in [0.1, 0.15) is 12.5 Å². The molecule has 0 aromatic heterocycles. The number of carbonyl (C=O) groups is 2. The SMILES string of the molecule is COc1cccc(/C=C2\SC(=S)N(c3ccccc3)C2=O)c1O[C@@H](C)C(=O)O. The Balaban J connectivity index is 1.98. The van der Waals surface area contributed by atoms with Crippen molar-refractivity contribution in [3.8, 4) is 11.5 Å². The number of hydrogen-bond donors (Lipinski definition) is 1. The monoisotopic (exact) mass is 415 g/mol. The van der Waals surface area contributed by atoms with Crippen molar-refractivity contribution in [3.63, 3.8) is 0 Å². The van der Waals surface area contributed by atoms with Crippen molar-refractivity contribution in [2.75, 3.05) is 12.0 Å². The summed E-state index contributed by atoms with van der Waals surface area (Å²) in [7, 11) is 1.46. The van der Waals surface area contributed by atoms with Crippen molar-refractivity contribution >= 4 is 51.9 Å². The summed E-state index contributed by atoms with van der Waals surface area (Å²) in [4.78, 5) is 26.0. The topological polar surface area (TPSA) is 76.1 Å². The number of benzene rings is 2. The van der Waals surface area contributed by atoms with Gasteiger partial charge in [0.15, 0.2) is 21.9 Å². The molecule has 0 unspecified atom stereocenters. The van der Waals surface area contributed by atoms with Gasteiger partial charge in [0.05, 0.1) is 17.7 Å². The predicted molar refractivity (Wildman–Crippen MR) is 113 cm³/mol. The van der Waals surface area contributed by atoms with Crippen LogP contribution in [0.25, 0.3) is 6.08 Å². The minimum Gasteiger partial charge on any atom is -0.493 e. The molecule has 28 heavy (non-hydrogen) atoms. The maximum Gasteiger partial charge on any atom is 0.344 e. The number of carboxylic acid groups (broad SMARTS) is 1. The highest BCUT2D eigenvalue weighted by molar-refractivity contribution is 8.27. The fourth-order valence-electron chi connectivity index (χ4n) is 2.57. The van der Waals surface area contributed by atoms with Crippen molar-refractivity contribution in [2.45, 2.75) is 13.0 Å². The minimum atomic E-state index is -1.10. The second-order valence-corrected chi connectivity index (χ2v) is 7.51. The summed E-state index contributed by atoms with van der Waals surface area (Å²) in [5.41, 5.74) is 1.22. The molecule has 3 rings (SSSR count). The molecule has 0 spiro atoms. The highest BCUT2D eigenvalue weighted by Gasteiger charge is 2.33. The van der Waals surface area contributed by atoms with Crippen molar-refractivity contribution in [2.24, 2.45) is 0 Å². The van der Waals surface area contributed by atoms with E-state index in [2.05, 4.69) is 0 Å². The van der Waals surface area contributed by atoms with Gasteiger partial charge in [0, 0.05) is 5.56 Å².